The summed E-state index contributed by atoms with van der Waals surface area (Å²) in [6.07, 6.45) is 3.84. The fraction of sp³-hybridized carbons (Fsp3) is 0.273. The number of morpholine rings is 1. The van der Waals surface area contributed by atoms with E-state index in [1.165, 1.54) is 0 Å². The Kier molecular flexibility index (Phi) is 4.44. The molecule has 0 unspecified atom stereocenters. The van der Waals surface area contributed by atoms with Gasteiger partial charge in [0.25, 0.3) is 0 Å². The second kappa shape index (κ2) is 7.25. The second-order valence-electron chi connectivity index (χ2n) is 6.97. The summed E-state index contributed by atoms with van der Waals surface area (Å²) in [5, 5.41) is 6.78. The van der Waals surface area contributed by atoms with E-state index in [-0.39, 0.29) is 0 Å². The van der Waals surface area contributed by atoms with Crippen LogP contribution in [0.1, 0.15) is 0 Å². The molecule has 2 aromatic carbocycles. The van der Waals surface area contributed by atoms with E-state index < -0.39 is 0 Å². The van der Waals surface area contributed by atoms with Crippen LogP contribution in [0.4, 0.5) is 5.69 Å². The van der Waals surface area contributed by atoms with E-state index in [0.29, 0.717) is 0 Å². The fourth-order valence-corrected chi connectivity index (χ4v) is 3.80. The van der Waals surface area contributed by atoms with Crippen LogP contribution in [0.5, 0.6) is 11.5 Å². The quantitative estimate of drug-likeness (QED) is 0.532. The van der Waals surface area contributed by atoms with Gasteiger partial charge in [0.15, 0.2) is 0 Å². The number of anilines is 1. The van der Waals surface area contributed by atoms with Crippen molar-refractivity contribution in [3.05, 3.63) is 48.8 Å². The third-order valence-corrected chi connectivity index (χ3v) is 5.34. The molecule has 2 aromatic heterocycles. The van der Waals surface area contributed by atoms with Gasteiger partial charge in [0.05, 0.1) is 50.5 Å². The summed E-state index contributed by atoms with van der Waals surface area (Å²) < 4.78 is 18.4. The zero-order chi connectivity index (χ0) is 19.8. The normalized spacial score (nSPS) is 14.5. The van der Waals surface area contributed by atoms with Gasteiger partial charge in [-0.15, -0.1) is 0 Å². The summed E-state index contributed by atoms with van der Waals surface area (Å²) in [6.45, 7) is 3.19. The van der Waals surface area contributed by atoms with Gasteiger partial charge in [-0.2, -0.15) is 5.10 Å². The minimum absolute atomic E-state index is 0.735. The van der Waals surface area contributed by atoms with Crippen LogP contribution in [0.3, 0.4) is 0 Å². The van der Waals surface area contributed by atoms with Crippen LogP contribution < -0.4 is 14.4 Å². The highest BCUT2D eigenvalue weighted by molar-refractivity contribution is 6.04. The Morgan fingerprint density at radius 3 is 2.59 bits per heavy atom. The Morgan fingerprint density at radius 2 is 1.79 bits per heavy atom. The largest absolute Gasteiger partial charge is 0.497 e. The number of nitrogens with zero attached hydrogens (tertiary/aromatic N) is 4. The lowest BCUT2D eigenvalue weighted by molar-refractivity contribution is 0.122. The van der Waals surface area contributed by atoms with Crippen LogP contribution in [-0.4, -0.2) is 55.3 Å². The molecule has 1 saturated heterocycles. The van der Waals surface area contributed by atoms with Gasteiger partial charge in [0.2, 0.25) is 0 Å². The van der Waals surface area contributed by atoms with E-state index in [0.717, 1.165) is 71.0 Å². The molecule has 1 fully saturated rings. The number of methoxy groups -OCH3 is 2. The first-order valence-electron chi connectivity index (χ1n) is 9.60. The second-order valence-corrected chi connectivity index (χ2v) is 6.97. The lowest BCUT2D eigenvalue weighted by Crippen LogP contribution is -2.36. The van der Waals surface area contributed by atoms with Gasteiger partial charge in [0.1, 0.15) is 17.0 Å². The van der Waals surface area contributed by atoms with Crippen molar-refractivity contribution >= 4 is 27.5 Å². The first-order valence-corrected chi connectivity index (χ1v) is 9.60. The van der Waals surface area contributed by atoms with Crippen molar-refractivity contribution in [2.75, 3.05) is 45.4 Å². The molecular formula is C22H22N4O3. The lowest BCUT2D eigenvalue weighted by Gasteiger charge is -2.30. The molecule has 0 spiro atoms. The maximum Gasteiger partial charge on any atom is 0.144 e. The van der Waals surface area contributed by atoms with Gasteiger partial charge in [-0.25, -0.2) is 4.68 Å². The average Bonchev–Trinajstić information content (AvgIpc) is 3.24. The highest BCUT2D eigenvalue weighted by atomic mass is 16.5. The highest BCUT2D eigenvalue weighted by Crippen LogP contribution is 2.32. The summed E-state index contributed by atoms with van der Waals surface area (Å²) in [7, 11) is 3.37. The topological polar surface area (TPSA) is 61.6 Å². The zero-order valence-corrected chi connectivity index (χ0v) is 16.5. The van der Waals surface area contributed by atoms with Gasteiger partial charge in [0, 0.05) is 36.1 Å². The molecule has 0 N–H and O–H groups in total. The van der Waals surface area contributed by atoms with Gasteiger partial charge < -0.3 is 19.1 Å². The summed E-state index contributed by atoms with van der Waals surface area (Å²) in [6, 6.07) is 12.1. The number of aromatic nitrogens is 3. The first kappa shape index (κ1) is 17.8. The molecule has 7 nitrogen and oxygen atoms in total. The molecule has 3 heterocycles. The number of ether oxygens (including phenoxy) is 3. The zero-order valence-electron chi connectivity index (χ0n) is 16.5. The third kappa shape index (κ3) is 3.13. The maximum atomic E-state index is 5.68. The molecular weight excluding hydrogens is 368 g/mol. The average molecular weight is 390 g/mol. The van der Waals surface area contributed by atoms with Crippen LogP contribution in [-0.2, 0) is 4.74 Å². The van der Waals surface area contributed by atoms with Crippen molar-refractivity contribution in [1.29, 1.82) is 0 Å². The van der Waals surface area contributed by atoms with Crippen LogP contribution in [0.25, 0.3) is 27.5 Å². The Bertz CT molecular complexity index is 1180. The van der Waals surface area contributed by atoms with Crippen molar-refractivity contribution in [3.63, 3.8) is 0 Å². The highest BCUT2D eigenvalue weighted by Gasteiger charge is 2.17. The minimum Gasteiger partial charge on any atom is -0.497 e. The number of fused-ring (bicyclic) bond motifs is 3. The Morgan fingerprint density at radius 1 is 0.931 bits per heavy atom. The molecule has 4 aromatic rings. The molecule has 0 saturated carbocycles. The summed E-state index contributed by atoms with van der Waals surface area (Å²) >= 11 is 0. The predicted molar refractivity (Wildman–Crippen MR) is 113 cm³/mol. The van der Waals surface area contributed by atoms with Crippen LogP contribution in [0.15, 0.2) is 48.8 Å². The van der Waals surface area contributed by atoms with E-state index in [2.05, 4.69) is 22.0 Å². The summed E-state index contributed by atoms with van der Waals surface area (Å²) in [4.78, 5) is 6.81. The Hall–Kier alpha value is -3.32. The number of pyridine rings is 1. The third-order valence-electron chi connectivity index (χ3n) is 5.34. The smallest absolute Gasteiger partial charge is 0.144 e. The number of benzene rings is 2. The molecule has 0 bridgehead atoms. The van der Waals surface area contributed by atoms with Gasteiger partial charge >= 0.3 is 0 Å². The molecule has 0 aliphatic carbocycles. The van der Waals surface area contributed by atoms with Crippen molar-refractivity contribution in [2.24, 2.45) is 0 Å². The van der Waals surface area contributed by atoms with E-state index in [1.807, 2.05) is 35.1 Å². The van der Waals surface area contributed by atoms with E-state index in [9.17, 15) is 0 Å². The molecule has 5 rings (SSSR count). The predicted octanol–water partition coefficient (Wildman–Crippen LogP) is 3.43. The molecule has 1 aliphatic heterocycles. The number of hydrogen-bond donors (Lipinski definition) is 0. The van der Waals surface area contributed by atoms with Crippen LogP contribution in [0, 0.1) is 0 Å². The molecule has 0 amide bonds. The monoisotopic (exact) mass is 390 g/mol. The van der Waals surface area contributed by atoms with Crippen molar-refractivity contribution in [3.8, 4) is 17.2 Å². The van der Waals surface area contributed by atoms with E-state index in [1.54, 1.807) is 20.4 Å². The van der Waals surface area contributed by atoms with Gasteiger partial charge in [-0.3, -0.25) is 4.98 Å². The van der Waals surface area contributed by atoms with Crippen molar-refractivity contribution in [2.45, 2.75) is 0 Å². The molecule has 1 aliphatic rings. The summed E-state index contributed by atoms with van der Waals surface area (Å²) in [5.41, 5.74) is 3.76. The summed E-state index contributed by atoms with van der Waals surface area (Å²) in [5.74, 6) is 1.63. The van der Waals surface area contributed by atoms with E-state index in [4.69, 9.17) is 19.3 Å². The fourth-order valence-electron chi connectivity index (χ4n) is 3.80. The van der Waals surface area contributed by atoms with Crippen LogP contribution in [0.2, 0.25) is 0 Å². The maximum absolute atomic E-state index is 5.68. The van der Waals surface area contributed by atoms with Crippen molar-refractivity contribution in [1.82, 2.24) is 14.8 Å². The minimum atomic E-state index is 0.735. The number of rotatable bonds is 4. The molecule has 0 atom stereocenters. The molecule has 7 heteroatoms. The van der Waals surface area contributed by atoms with E-state index >= 15 is 0 Å². The van der Waals surface area contributed by atoms with Gasteiger partial charge in [-0.05, 0) is 30.3 Å². The Balaban J connectivity index is 1.58. The van der Waals surface area contributed by atoms with Crippen molar-refractivity contribution < 1.29 is 14.2 Å². The standard InChI is InChI=1S/C22H22N4O3/c1-27-16-4-5-19-17(12-16)18-14-26(24-20(18)13-23-19)15-3-6-21(22(11-15)28-2)25-7-9-29-10-8-25/h3-6,11-14H,7-10H2,1-2H3. The molecule has 148 valence electrons. The first-order chi connectivity index (χ1) is 14.3. The molecule has 0 radical (unpaired) electrons. The SMILES string of the molecule is COc1ccc2ncc3nn(-c4ccc(N5CCOCC5)c(OC)c4)cc3c2c1. The number of hydrogen-bond acceptors (Lipinski definition) is 6. The lowest BCUT2D eigenvalue weighted by atomic mass is 10.1. The Labute approximate surface area is 168 Å². The molecule has 29 heavy (non-hydrogen) atoms. The van der Waals surface area contributed by atoms with Crippen LogP contribution >= 0.6 is 0 Å². The van der Waals surface area contributed by atoms with Gasteiger partial charge in [-0.1, -0.05) is 0 Å².